The van der Waals surface area contributed by atoms with Crippen LogP contribution in [0, 0.1) is 82.3 Å². The Balaban J connectivity index is 2.92. The second kappa shape index (κ2) is 7.54. The van der Waals surface area contributed by atoms with Gasteiger partial charge in [-0.15, -0.1) is 0 Å². The van der Waals surface area contributed by atoms with Crippen LogP contribution in [0.2, 0.25) is 0 Å². The minimum atomic E-state index is -2.36. The largest absolute Gasteiger partial charge is 0.274 e. The number of hydrogen-bond acceptors (Lipinski definition) is 2. The average Bonchev–Trinajstić information content (AvgIpc) is 2.77. The Bertz CT molecular complexity index is 1540. The van der Waals surface area contributed by atoms with Gasteiger partial charge in [-0.1, -0.05) is 0 Å². The zero-order chi connectivity index (χ0) is 24.1. The quantitative estimate of drug-likeness (QED) is 0.224. The number of benzene rings is 3. The van der Waals surface area contributed by atoms with Crippen LogP contribution in [-0.4, -0.2) is 0 Å². The van der Waals surface area contributed by atoms with Crippen LogP contribution in [0.1, 0.15) is 0 Å². The first-order chi connectivity index (χ1) is 15.1. The number of halogens is 8. The van der Waals surface area contributed by atoms with Crippen LogP contribution in [0.25, 0.3) is 42.6 Å². The summed E-state index contributed by atoms with van der Waals surface area (Å²) >= 11 is 0. The Hall–Kier alpha value is -4.68. The smallest absolute Gasteiger partial charge is 0.226 e. The SMILES string of the molecule is [C-]#[N+]/C(C#N)=c1\c(F)c(F)c2c(F)c3c(F)/c(=C(/C#N)[N+]#[C-])c(F)c(F)c3c(F)c2c1F. The summed E-state index contributed by atoms with van der Waals surface area (Å²) in [6.07, 6.45) is 0. The van der Waals surface area contributed by atoms with E-state index in [0.29, 0.717) is 0 Å². The molecule has 0 bridgehead atoms. The summed E-state index contributed by atoms with van der Waals surface area (Å²) in [4.78, 5) is 4.89. The van der Waals surface area contributed by atoms with Gasteiger partial charge >= 0.3 is 0 Å². The monoisotopic (exact) mass is 448 g/mol. The summed E-state index contributed by atoms with van der Waals surface area (Å²) in [6, 6.07) is 2.04. The molecule has 3 aromatic rings. The molecule has 0 aliphatic rings. The molecule has 0 aromatic heterocycles. The number of fused-ring (bicyclic) bond motifs is 2. The molecule has 0 saturated heterocycles. The maximum absolute atomic E-state index is 15.0. The normalized spacial score (nSPS) is 12.6. The van der Waals surface area contributed by atoms with Gasteiger partial charge in [0.2, 0.25) is 0 Å². The topological polar surface area (TPSA) is 56.3 Å². The van der Waals surface area contributed by atoms with Crippen molar-refractivity contribution < 1.29 is 35.1 Å². The van der Waals surface area contributed by atoms with Crippen molar-refractivity contribution in [3.8, 4) is 12.1 Å². The van der Waals surface area contributed by atoms with Gasteiger partial charge in [0.1, 0.15) is 23.3 Å². The predicted octanol–water partition coefficient (Wildman–Crippen LogP) is 4.21. The average molecular weight is 448 g/mol. The molecule has 0 amide bonds. The molecule has 12 heteroatoms. The maximum Gasteiger partial charge on any atom is 0.274 e. The molecule has 3 rings (SSSR count). The standard InChI is InChI=1S/C20F8N4/c1-31-5(3-29)7-13(21)9-11(19(27)17(7)25)16(24)10-12(15(9)23)20(28)18(26)8(14(10)22)6(4-30)32-2/b7-5-,8-6+. The van der Waals surface area contributed by atoms with E-state index in [2.05, 4.69) is 9.69 Å². The summed E-state index contributed by atoms with van der Waals surface area (Å²) in [7, 11) is 0. The van der Waals surface area contributed by atoms with Gasteiger partial charge in [-0.2, -0.15) is 0 Å². The highest BCUT2D eigenvalue weighted by Crippen LogP contribution is 2.36. The van der Waals surface area contributed by atoms with Crippen molar-refractivity contribution in [2.75, 3.05) is 0 Å². The molecule has 0 aliphatic carbocycles. The first-order valence-corrected chi connectivity index (χ1v) is 7.85. The second-order valence-electron chi connectivity index (χ2n) is 5.91. The lowest BCUT2D eigenvalue weighted by Gasteiger charge is -2.13. The summed E-state index contributed by atoms with van der Waals surface area (Å²) in [5.41, 5.74) is -2.81. The Morgan fingerprint density at radius 3 is 1.03 bits per heavy atom. The van der Waals surface area contributed by atoms with E-state index >= 15 is 8.78 Å². The number of nitrogens with zero attached hydrogens (tertiary/aromatic N) is 4. The van der Waals surface area contributed by atoms with Crippen molar-refractivity contribution in [1.82, 2.24) is 0 Å². The Labute approximate surface area is 171 Å². The molecule has 0 fully saturated rings. The molecule has 0 saturated carbocycles. The molecular formula is C20F8N4. The molecule has 0 heterocycles. The van der Waals surface area contributed by atoms with Gasteiger partial charge in [0.25, 0.3) is 11.4 Å². The second-order valence-corrected chi connectivity index (χ2v) is 5.91. The summed E-state index contributed by atoms with van der Waals surface area (Å²) in [5, 5.41) is 6.82. The van der Waals surface area contributed by atoms with E-state index in [9.17, 15) is 26.3 Å². The zero-order valence-corrected chi connectivity index (χ0v) is 14.8. The molecule has 0 N–H and O–H groups in total. The third-order valence-electron chi connectivity index (χ3n) is 4.43. The summed E-state index contributed by atoms with van der Waals surface area (Å²) < 4.78 is 118. The van der Waals surface area contributed by atoms with Crippen molar-refractivity contribution in [3.63, 3.8) is 0 Å². The van der Waals surface area contributed by atoms with E-state index < -0.39 is 89.9 Å². The van der Waals surface area contributed by atoms with Crippen molar-refractivity contribution in [3.05, 3.63) is 79.8 Å². The fourth-order valence-electron chi connectivity index (χ4n) is 3.08. The van der Waals surface area contributed by atoms with Gasteiger partial charge in [0.15, 0.2) is 23.3 Å². The van der Waals surface area contributed by atoms with Crippen LogP contribution in [0.15, 0.2) is 0 Å². The highest BCUT2D eigenvalue weighted by atomic mass is 19.2. The van der Waals surface area contributed by atoms with E-state index in [4.69, 9.17) is 23.7 Å². The van der Waals surface area contributed by atoms with Crippen LogP contribution in [0.3, 0.4) is 0 Å². The predicted molar refractivity (Wildman–Crippen MR) is 91.6 cm³/mol. The van der Waals surface area contributed by atoms with Crippen LogP contribution in [-0.2, 0) is 0 Å². The van der Waals surface area contributed by atoms with Crippen LogP contribution in [0.4, 0.5) is 35.1 Å². The summed E-state index contributed by atoms with van der Waals surface area (Å²) in [6.45, 7) is 13.4. The van der Waals surface area contributed by atoms with E-state index in [1.807, 2.05) is 0 Å². The molecule has 0 atom stereocenters. The molecule has 0 unspecified atom stereocenters. The molecule has 0 radical (unpaired) electrons. The van der Waals surface area contributed by atoms with Crippen LogP contribution >= 0.6 is 0 Å². The number of hydrogen-bond donors (Lipinski definition) is 0. The number of rotatable bonds is 0. The first-order valence-electron chi connectivity index (χ1n) is 7.85. The highest BCUT2D eigenvalue weighted by Gasteiger charge is 2.31. The maximum atomic E-state index is 15.0. The van der Waals surface area contributed by atoms with Gasteiger partial charge in [-0.3, -0.25) is 0 Å². The zero-order valence-electron chi connectivity index (χ0n) is 14.8. The molecule has 4 nitrogen and oxygen atoms in total. The number of nitriles is 2. The minimum absolute atomic E-state index is 1.02. The van der Waals surface area contributed by atoms with Crippen molar-refractivity contribution in [1.29, 1.82) is 10.5 Å². The lowest BCUT2D eigenvalue weighted by Crippen LogP contribution is -2.22. The molecule has 0 aliphatic heterocycles. The molecule has 32 heavy (non-hydrogen) atoms. The highest BCUT2D eigenvalue weighted by molar-refractivity contribution is 6.01. The Kier molecular flexibility index (Phi) is 5.18. The van der Waals surface area contributed by atoms with Gasteiger partial charge in [0.05, 0.1) is 57.3 Å². The van der Waals surface area contributed by atoms with Crippen molar-refractivity contribution in [2.24, 2.45) is 0 Å². The van der Waals surface area contributed by atoms with Gasteiger partial charge in [-0.25, -0.2) is 55.3 Å². The van der Waals surface area contributed by atoms with Crippen LogP contribution in [0.5, 0.6) is 0 Å². The summed E-state index contributed by atoms with van der Waals surface area (Å²) in [5.74, 6) is -18.3. The van der Waals surface area contributed by atoms with Gasteiger partial charge in [-0.05, 0) is 0 Å². The van der Waals surface area contributed by atoms with Gasteiger partial charge in [0, 0.05) is 0 Å². The first kappa shape index (κ1) is 22.0. The molecular weight excluding hydrogens is 448 g/mol. The molecule has 156 valence electrons. The third kappa shape index (κ3) is 2.64. The fourth-order valence-corrected chi connectivity index (χ4v) is 3.08. The molecule has 3 aromatic carbocycles. The van der Waals surface area contributed by atoms with Crippen LogP contribution < -0.4 is 10.4 Å². The lowest BCUT2D eigenvalue weighted by molar-refractivity contribution is 0.482. The van der Waals surface area contributed by atoms with E-state index in [-0.39, 0.29) is 0 Å². The van der Waals surface area contributed by atoms with Crippen molar-refractivity contribution >= 4 is 32.9 Å². The molecule has 0 spiro atoms. The fraction of sp³-hybridized carbons (Fsp3) is 0. The third-order valence-corrected chi connectivity index (χ3v) is 4.43. The lowest BCUT2D eigenvalue weighted by atomic mass is 9.97. The van der Waals surface area contributed by atoms with E-state index in [0.717, 1.165) is 12.1 Å². The van der Waals surface area contributed by atoms with E-state index in [1.165, 1.54) is 0 Å². The van der Waals surface area contributed by atoms with E-state index in [1.54, 1.807) is 0 Å². The Morgan fingerprint density at radius 2 is 0.781 bits per heavy atom. The minimum Gasteiger partial charge on any atom is -0.226 e. The Morgan fingerprint density at radius 1 is 0.500 bits per heavy atom. The van der Waals surface area contributed by atoms with Crippen molar-refractivity contribution in [2.45, 2.75) is 0 Å². The van der Waals surface area contributed by atoms with Gasteiger partial charge < -0.3 is 0 Å².